The maximum absolute atomic E-state index is 12.3. The first-order valence-electron chi connectivity index (χ1n) is 6.10. The number of ether oxygens (including phenoxy) is 1. The zero-order chi connectivity index (χ0) is 13.0. The van der Waals surface area contributed by atoms with Gasteiger partial charge in [0.05, 0.1) is 0 Å². The minimum Gasteiger partial charge on any atom is -0.434 e. The van der Waals surface area contributed by atoms with Gasteiger partial charge in [-0.25, -0.2) is 0 Å². The van der Waals surface area contributed by atoms with Crippen molar-refractivity contribution < 1.29 is 13.5 Å². The topological polar surface area (TPSA) is 24.5 Å². The van der Waals surface area contributed by atoms with Gasteiger partial charge in [0.25, 0.3) is 0 Å². The van der Waals surface area contributed by atoms with Gasteiger partial charge in [-0.05, 0) is 26.1 Å². The predicted octanol–water partition coefficient (Wildman–Crippen LogP) is 2.50. The van der Waals surface area contributed by atoms with E-state index in [1.807, 2.05) is 19.2 Å². The average Bonchev–Trinajstić information content (AvgIpc) is 2.84. The molecule has 2 rings (SSSR count). The van der Waals surface area contributed by atoms with E-state index in [0.717, 1.165) is 25.1 Å². The Morgan fingerprint density at radius 2 is 2.16 bits per heavy atom. The molecule has 0 aromatic heterocycles. The molecule has 0 spiro atoms. The number of halogens is 3. The third-order valence-electron chi connectivity index (χ3n) is 3.27. The van der Waals surface area contributed by atoms with Crippen molar-refractivity contribution in [3.63, 3.8) is 0 Å². The Morgan fingerprint density at radius 1 is 1.42 bits per heavy atom. The lowest BCUT2D eigenvalue weighted by Crippen LogP contribution is -2.33. The summed E-state index contributed by atoms with van der Waals surface area (Å²) in [5, 5.41) is 3.29. The molecule has 1 atom stereocenters. The summed E-state index contributed by atoms with van der Waals surface area (Å²) in [6, 6.07) is 7.43. The fourth-order valence-corrected chi connectivity index (χ4v) is 2.26. The fourth-order valence-electron chi connectivity index (χ4n) is 2.26. The fraction of sp³-hybridized carbons (Fsp3) is 0.538. The molecule has 1 N–H and O–H groups in total. The molecule has 0 radical (unpaired) electrons. The van der Waals surface area contributed by atoms with Crippen LogP contribution >= 0.6 is 12.4 Å². The summed E-state index contributed by atoms with van der Waals surface area (Å²) in [4.78, 5) is 2.17. The van der Waals surface area contributed by atoms with Gasteiger partial charge in [0.15, 0.2) is 0 Å². The second-order valence-electron chi connectivity index (χ2n) is 4.55. The van der Waals surface area contributed by atoms with Gasteiger partial charge in [0.1, 0.15) is 5.75 Å². The Morgan fingerprint density at radius 3 is 2.79 bits per heavy atom. The van der Waals surface area contributed by atoms with Gasteiger partial charge in [-0.1, -0.05) is 18.2 Å². The molecule has 19 heavy (non-hydrogen) atoms. The van der Waals surface area contributed by atoms with Crippen LogP contribution in [0.2, 0.25) is 0 Å². The highest BCUT2D eigenvalue weighted by Crippen LogP contribution is 2.22. The van der Waals surface area contributed by atoms with Gasteiger partial charge in [0.2, 0.25) is 0 Å². The van der Waals surface area contributed by atoms with Gasteiger partial charge in [-0.2, -0.15) is 8.78 Å². The molecule has 1 aromatic carbocycles. The van der Waals surface area contributed by atoms with Crippen LogP contribution in [0, 0.1) is 0 Å². The van der Waals surface area contributed by atoms with Crippen molar-refractivity contribution in [2.45, 2.75) is 25.6 Å². The van der Waals surface area contributed by atoms with E-state index in [1.54, 1.807) is 12.1 Å². The molecule has 1 heterocycles. The number of para-hydroxylation sites is 1. The van der Waals surface area contributed by atoms with E-state index in [9.17, 15) is 8.78 Å². The van der Waals surface area contributed by atoms with Crippen molar-refractivity contribution in [2.24, 2.45) is 0 Å². The van der Waals surface area contributed by atoms with Crippen molar-refractivity contribution in [3.05, 3.63) is 29.8 Å². The van der Waals surface area contributed by atoms with E-state index in [0.29, 0.717) is 12.6 Å². The molecule has 1 aromatic rings. The van der Waals surface area contributed by atoms with E-state index in [2.05, 4.69) is 15.0 Å². The SMILES string of the molecule is CN(Cc1ccccc1OC(F)F)C1CCNC1.Cl. The summed E-state index contributed by atoms with van der Waals surface area (Å²) in [5.41, 5.74) is 0.798. The van der Waals surface area contributed by atoms with E-state index in [4.69, 9.17) is 0 Å². The number of hydrogen-bond acceptors (Lipinski definition) is 3. The standard InChI is InChI=1S/C13H18F2N2O.ClH/c1-17(11-6-7-16-8-11)9-10-4-2-3-5-12(10)18-13(14)15;/h2-5,11,13,16H,6-9H2,1H3;1H. The lowest BCUT2D eigenvalue weighted by atomic mass is 10.1. The quantitative estimate of drug-likeness (QED) is 0.902. The highest BCUT2D eigenvalue weighted by atomic mass is 35.5. The van der Waals surface area contributed by atoms with Crippen molar-refractivity contribution in [1.29, 1.82) is 0 Å². The van der Waals surface area contributed by atoms with Crippen molar-refractivity contribution >= 4 is 12.4 Å². The van der Waals surface area contributed by atoms with Crippen molar-refractivity contribution in [3.8, 4) is 5.75 Å². The zero-order valence-corrected chi connectivity index (χ0v) is 11.6. The van der Waals surface area contributed by atoms with Gasteiger partial charge < -0.3 is 10.1 Å². The molecule has 1 aliphatic rings. The van der Waals surface area contributed by atoms with Crippen molar-refractivity contribution in [1.82, 2.24) is 10.2 Å². The molecule has 108 valence electrons. The molecule has 6 heteroatoms. The monoisotopic (exact) mass is 292 g/mol. The van der Waals surface area contributed by atoms with Gasteiger partial charge in [-0.15, -0.1) is 12.4 Å². The lowest BCUT2D eigenvalue weighted by Gasteiger charge is -2.24. The summed E-state index contributed by atoms with van der Waals surface area (Å²) in [7, 11) is 2.01. The molecule has 0 bridgehead atoms. The molecular weight excluding hydrogens is 274 g/mol. The van der Waals surface area contributed by atoms with Crippen LogP contribution in [0.25, 0.3) is 0 Å². The highest BCUT2D eigenvalue weighted by molar-refractivity contribution is 5.85. The first-order chi connectivity index (χ1) is 8.66. The van der Waals surface area contributed by atoms with Gasteiger partial charge in [-0.3, -0.25) is 4.90 Å². The predicted molar refractivity (Wildman–Crippen MR) is 73.1 cm³/mol. The van der Waals surface area contributed by atoms with Crippen LogP contribution in [0.4, 0.5) is 8.78 Å². The molecule has 0 amide bonds. The summed E-state index contributed by atoms with van der Waals surface area (Å²) in [6.07, 6.45) is 1.09. The van der Waals surface area contributed by atoms with Crippen LogP contribution in [-0.4, -0.2) is 37.7 Å². The van der Waals surface area contributed by atoms with Crippen LogP contribution in [0.3, 0.4) is 0 Å². The Balaban J connectivity index is 0.00000180. The van der Waals surface area contributed by atoms with Crippen LogP contribution < -0.4 is 10.1 Å². The largest absolute Gasteiger partial charge is 0.434 e. The molecule has 1 aliphatic heterocycles. The highest BCUT2D eigenvalue weighted by Gasteiger charge is 2.20. The van der Waals surface area contributed by atoms with E-state index in [1.165, 1.54) is 0 Å². The maximum atomic E-state index is 12.3. The van der Waals surface area contributed by atoms with Crippen molar-refractivity contribution in [2.75, 3.05) is 20.1 Å². The summed E-state index contributed by atoms with van der Waals surface area (Å²) < 4.78 is 29.1. The second kappa shape index (κ2) is 7.62. The number of likely N-dealkylation sites (N-methyl/N-ethyl adjacent to an activating group) is 1. The molecule has 0 aliphatic carbocycles. The minimum absolute atomic E-state index is 0. The van der Waals surface area contributed by atoms with E-state index in [-0.39, 0.29) is 18.2 Å². The summed E-state index contributed by atoms with van der Waals surface area (Å²) >= 11 is 0. The Bertz CT molecular complexity index is 387. The molecule has 1 fully saturated rings. The third kappa shape index (κ3) is 4.60. The number of alkyl halides is 2. The number of hydrogen-bond donors (Lipinski definition) is 1. The van der Waals surface area contributed by atoms with Gasteiger partial charge in [0, 0.05) is 24.7 Å². The second-order valence-corrected chi connectivity index (χ2v) is 4.55. The summed E-state index contributed by atoms with van der Waals surface area (Å²) in [6.45, 7) is -0.182. The Labute approximate surface area is 118 Å². The molecule has 3 nitrogen and oxygen atoms in total. The molecular formula is C13H19ClF2N2O. The normalized spacial score (nSPS) is 18.7. The first-order valence-corrected chi connectivity index (χ1v) is 6.10. The average molecular weight is 293 g/mol. The number of rotatable bonds is 5. The van der Waals surface area contributed by atoms with E-state index < -0.39 is 6.61 Å². The Hall–Kier alpha value is -0.910. The molecule has 1 unspecified atom stereocenters. The first kappa shape index (κ1) is 16.1. The number of benzene rings is 1. The lowest BCUT2D eigenvalue weighted by molar-refractivity contribution is -0.0507. The van der Waals surface area contributed by atoms with E-state index >= 15 is 0 Å². The van der Waals surface area contributed by atoms with Crippen LogP contribution in [0.5, 0.6) is 5.75 Å². The molecule has 1 saturated heterocycles. The molecule has 0 saturated carbocycles. The number of nitrogens with zero attached hydrogens (tertiary/aromatic N) is 1. The minimum atomic E-state index is -2.77. The van der Waals surface area contributed by atoms with Gasteiger partial charge >= 0.3 is 6.61 Å². The Kier molecular flexibility index (Phi) is 6.48. The summed E-state index contributed by atoms with van der Waals surface area (Å²) in [5.74, 6) is 0.269. The maximum Gasteiger partial charge on any atom is 0.387 e. The van der Waals surface area contributed by atoms with Crippen LogP contribution in [0.1, 0.15) is 12.0 Å². The zero-order valence-electron chi connectivity index (χ0n) is 10.8. The van der Waals surface area contributed by atoms with Crippen LogP contribution in [-0.2, 0) is 6.54 Å². The van der Waals surface area contributed by atoms with Crippen LogP contribution in [0.15, 0.2) is 24.3 Å². The number of nitrogens with one attached hydrogen (secondary N) is 1. The smallest absolute Gasteiger partial charge is 0.387 e. The third-order valence-corrected chi connectivity index (χ3v) is 3.27.